The SMILES string of the molecule is CCCNc1nnc(SCc2nc(-c3ccc(CC)cc3)no2)s1. The summed E-state index contributed by atoms with van der Waals surface area (Å²) in [6.45, 7) is 5.16. The van der Waals surface area contributed by atoms with E-state index in [0.29, 0.717) is 17.5 Å². The molecule has 2 heterocycles. The quantitative estimate of drug-likeness (QED) is 0.600. The van der Waals surface area contributed by atoms with E-state index in [0.717, 1.165) is 34.4 Å². The first-order chi connectivity index (χ1) is 11.8. The molecule has 0 bridgehead atoms. The molecule has 2 aromatic heterocycles. The molecule has 0 amide bonds. The minimum Gasteiger partial charge on any atom is -0.360 e. The lowest BCUT2D eigenvalue weighted by Gasteiger charge is -1.97. The van der Waals surface area contributed by atoms with E-state index in [-0.39, 0.29) is 0 Å². The summed E-state index contributed by atoms with van der Waals surface area (Å²) in [5.74, 6) is 1.80. The third-order valence-electron chi connectivity index (χ3n) is 3.34. The molecule has 3 rings (SSSR count). The summed E-state index contributed by atoms with van der Waals surface area (Å²) in [5.41, 5.74) is 2.26. The highest BCUT2D eigenvalue weighted by atomic mass is 32.2. The number of aromatic nitrogens is 4. The Bertz CT molecular complexity index is 769. The minimum absolute atomic E-state index is 0.586. The lowest BCUT2D eigenvalue weighted by atomic mass is 10.1. The predicted octanol–water partition coefficient (Wildman–Crippen LogP) is 4.26. The summed E-state index contributed by atoms with van der Waals surface area (Å²) in [4.78, 5) is 4.45. The average molecular weight is 361 g/mol. The molecule has 0 saturated heterocycles. The Kier molecular flexibility index (Phi) is 5.81. The molecule has 1 aromatic carbocycles. The van der Waals surface area contributed by atoms with Gasteiger partial charge in [-0.25, -0.2) is 0 Å². The monoisotopic (exact) mass is 361 g/mol. The topological polar surface area (TPSA) is 76.7 Å². The Hall–Kier alpha value is -1.93. The molecule has 0 spiro atoms. The number of nitrogens with one attached hydrogen (secondary N) is 1. The highest BCUT2D eigenvalue weighted by molar-refractivity contribution is 8.00. The van der Waals surface area contributed by atoms with E-state index in [4.69, 9.17) is 4.52 Å². The van der Waals surface area contributed by atoms with Crippen molar-refractivity contribution in [2.75, 3.05) is 11.9 Å². The molecule has 3 aromatic rings. The van der Waals surface area contributed by atoms with Gasteiger partial charge in [0.15, 0.2) is 4.34 Å². The van der Waals surface area contributed by atoms with Crippen LogP contribution >= 0.6 is 23.1 Å². The fourth-order valence-electron chi connectivity index (χ4n) is 2.02. The van der Waals surface area contributed by atoms with Crippen LogP contribution in [0.4, 0.5) is 5.13 Å². The first kappa shape index (κ1) is 16.9. The van der Waals surface area contributed by atoms with Gasteiger partial charge in [-0.3, -0.25) is 0 Å². The van der Waals surface area contributed by atoms with Crippen LogP contribution in [-0.4, -0.2) is 26.9 Å². The van der Waals surface area contributed by atoms with Gasteiger partial charge < -0.3 is 9.84 Å². The number of anilines is 1. The Morgan fingerprint density at radius 2 is 2.00 bits per heavy atom. The van der Waals surface area contributed by atoms with Gasteiger partial charge in [0.1, 0.15) is 0 Å². The van der Waals surface area contributed by atoms with Crippen LogP contribution < -0.4 is 5.32 Å². The van der Waals surface area contributed by atoms with Crippen LogP contribution in [0.5, 0.6) is 0 Å². The van der Waals surface area contributed by atoms with Crippen molar-refractivity contribution in [1.29, 1.82) is 0 Å². The number of aryl methyl sites for hydroxylation is 1. The van der Waals surface area contributed by atoms with Gasteiger partial charge in [0, 0.05) is 12.1 Å². The molecule has 126 valence electrons. The van der Waals surface area contributed by atoms with E-state index in [2.05, 4.69) is 51.6 Å². The van der Waals surface area contributed by atoms with E-state index in [1.807, 2.05) is 12.1 Å². The predicted molar refractivity (Wildman–Crippen MR) is 97.4 cm³/mol. The first-order valence-corrected chi connectivity index (χ1v) is 9.70. The smallest absolute Gasteiger partial charge is 0.237 e. The standard InChI is InChI=1S/C16H19N5OS2/c1-3-9-17-15-19-20-16(24-15)23-10-13-18-14(21-22-13)12-7-5-11(4-2)6-8-12/h5-8H,3-4,9-10H2,1-2H3,(H,17,19). The molecule has 1 N–H and O–H groups in total. The van der Waals surface area contributed by atoms with Crippen molar-refractivity contribution < 1.29 is 4.52 Å². The molecule has 0 fully saturated rings. The number of rotatable bonds is 8. The maximum Gasteiger partial charge on any atom is 0.237 e. The molecule has 0 unspecified atom stereocenters. The van der Waals surface area contributed by atoms with Gasteiger partial charge in [-0.05, 0) is 18.4 Å². The van der Waals surface area contributed by atoms with Gasteiger partial charge in [0.05, 0.1) is 5.75 Å². The van der Waals surface area contributed by atoms with Crippen molar-refractivity contribution >= 4 is 28.2 Å². The van der Waals surface area contributed by atoms with Gasteiger partial charge >= 0.3 is 0 Å². The second-order valence-corrected chi connectivity index (χ2v) is 7.35. The molecular weight excluding hydrogens is 342 g/mol. The zero-order valence-electron chi connectivity index (χ0n) is 13.7. The fourth-order valence-corrected chi connectivity index (χ4v) is 3.63. The van der Waals surface area contributed by atoms with Gasteiger partial charge in [-0.15, -0.1) is 10.2 Å². The van der Waals surface area contributed by atoms with Crippen LogP contribution in [0.2, 0.25) is 0 Å². The third-order valence-corrected chi connectivity index (χ3v) is 5.34. The van der Waals surface area contributed by atoms with Crippen molar-refractivity contribution in [3.63, 3.8) is 0 Å². The molecule has 0 radical (unpaired) electrons. The second kappa shape index (κ2) is 8.25. The lowest BCUT2D eigenvalue weighted by Crippen LogP contribution is -1.98. The number of hydrogen-bond acceptors (Lipinski definition) is 8. The van der Waals surface area contributed by atoms with Crippen molar-refractivity contribution in [2.45, 2.75) is 36.8 Å². The van der Waals surface area contributed by atoms with E-state index in [1.54, 1.807) is 11.8 Å². The molecule has 8 heteroatoms. The molecule has 24 heavy (non-hydrogen) atoms. The number of hydrogen-bond donors (Lipinski definition) is 1. The number of benzene rings is 1. The molecule has 0 atom stereocenters. The zero-order chi connectivity index (χ0) is 16.8. The van der Waals surface area contributed by atoms with E-state index in [1.165, 1.54) is 16.9 Å². The summed E-state index contributed by atoms with van der Waals surface area (Å²) in [6.07, 6.45) is 2.08. The van der Waals surface area contributed by atoms with Crippen molar-refractivity contribution in [3.8, 4) is 11.4 Å². The van der Waals surface area contributed by atoms with E-state index < -0.39 is 0 Å². The van der Waals surface area contributed by atoms with Crippen LogP contribution in [0.25, 0.3) is 11.4 Å². The normalized spacial score (nSPS) is 10.9. The van der Waals surface area contributed by atoms with Gasteiger partial charge in [-0.1, -0.05) is 66.4 Å². The fraction of sp³-hybridized carbons (Fsp3) is 0.375. The lowest BCUT2D eigenvalue weighted by molar-refractivity contribution is 0.391. The van der Waals surface area contributed by atoms with Gasteiger partial charge in [0.2, 0.25) is 16.8 Å². The summed E-state index contributed by atoms with van der Waals surface area (Å²) in [7, 11) is 0. The highest BCUT2D eigenvalue weighted by Crippen LogP contribution is 2.28. The summed E-state index contributed by atoms with van der Waals surface area (Å²) < 4.78 is 6.22. The van der Waals surface area contributed by atoms with Crippen LogP contribution in [-0.2, 0) is 12.2 Å². The van der Waals surface area contributed by atoms with E-state index in [9.17, 15) is 0 Å². The second-order valence-electron chi connectivity index (χ2n) is 5.15. The molecule has 6 nitrogen and oxygen atoms in total. The maximum atomic E-state index is 5.33. The summed E-state index contributed by atoms with van der Waals surface area (Å²) >= 11 is 3.09. The molecule has 0 saturated carbocycles. The van der Waals surface area contributed by atoms with Crippen molar-refractivity contribution in [2.24, 2.45) is 0 Å². The average Bonchev–Trinajstić information content (AvgIpc) is 3.27. The number of thioether (sulfide) groups is 1. The Morgan fingerprint density at radius 1 is 1.17 bits per heavy atom. The Morgan fingerprint density at radius 3 is 2.75 bits per heavy atom. The van der Waals surface area contributed by atoms with Crippen LogP contribution in [0.3, 0.4) is 0 Å². The minimum atomic E-state index is 0.586. The molecule has 0 aliphatic heterocycles. The summed E-state index contributed by atoms with van der Waals surface area (Å²) in [5, 5.41) is 16.4. The van der Waals surface area contributed by atoms with E-state index >= 15 is 0 Å². The molecule has 0 aliphatic carbocycles. The van der Waals surface area contributed by atoms with Crippen molar-refractivity contribution in [3.05, 3.63) is 35.7 Å². The third kappa shape index (κ3) is 4.33. The Balaban J connectivity index is 1.58. The van der Waals surface area contributed by atoms with Crippen LogP contribution in [0.1, 0.15) is 31.7 Å². The van der Waals surface area contributed by atoms with Gasteiger partial charge in [0.25, 0.3) is 0 Å². The van der Waals surface area contributed by atoms with Crippen LogP contribution in [0.15, 0.2) is 33.1 Å². The van der Waals surface area contributed by atoms with Crippen LogP contribution in [0, 0.1) is 0 Å². The van der Waals surface area contributed by atoms with Gasteiger partial charge in [-0.2, -0.15) is 4.98 Å². The number of nitrogens with zero attached hydrogens (tertiary/aromatic N) is 4. The largest absolute Gasteiger partial charge is 0.360 e. The molecule has 0 aliphatic rings. The van der Waals surface area contributed by atoms with Crippen molar-refractivity contribution in [1.82, 2.24) is 20.3 Å². The zero-order valence-corrected chi connectivity index (χ0v) is 15.3. The highest BCUT2D eigenvalue weighted by Gasteiger charge is 2.11. The Labute approximate surface area is 149 Å². The first-order valence-electron chi connectivity index (χ1n) is 7.90. The summed E-state index contributed by atoms with van der Waals surface area (Å²) in [6, 6.07) is 8.23. The maximum absolute atomic E-state index is 5.33. The molecular formula is C16H19N5OS2.